The van der Waals surface area contributed by atoms with E-state index in [4.69, 9.17) is 0 Å². The lowest BCUT2D eigenvalue weighted by Gasteiger charge is -2.15. The number of fused-ring (bicyclic) bond motifs is 1. The lowest BCUT2D eigenvalue weighted by atomic mass is 9.97. The minimum atomic E-state index is -0.408. The smallest absolute Gasteiger partial charge is 0.254 e. The predicted molar refractivity (Wildman–Crippen MR) is 113 cm³/mol. The van der Waals surface area contributed by atoms with Gasteiger partial charge in [-0.15, -0.1) is 11.3 Å². The first-order chi connectivity index (χ1) is 13.6. The number of carbonyl (C=O) groups excluding carboxylic acids is 1. The van der Waals surface area contributed by atoms with Crippen LogP contribution in [0.1, 0.15) is 31.0 Å². The lowest BCUT2D eigenvalue weighted by molar-refractivity contribution is -0.115. The Labute approximate surface area is 170 Å². The number of nitrogens with one attached hydrogen (secondary N) is 2. The van der Waals surface area contributed by atoms with Crippen LogP contribution in [0.15, 0.2) is 45.7 Å². The van der Waals surface area contributed by atoms with Gasteiger partial charge in [-0.3, -0.25) is 9.59 Å². The van der Waals surface area contributed by atoms with E-state index < -0.39 is 5.25 Å². The predicted octanol–water partition coefficient (Wildman–Crippen LogP) is 3.89. The summed E-state index contributed by atoms with van der Waals surface area (Å²) in [5, 5.41) is 5.43. The van der Waals surface area contributed by atoms with Crippen molar-refractivity contribution in [2.45, 2.75) is 43.0 Å². The summed E-state index contributed by atoms with van der Waals surface area (Å²) in [6, 6.07) is 9.83. The standard InChI is InChI=1S/C20H20N4O2S2/c1-12(28-20-21-15-10-6-5-9-14(15)18(26)24-20)17(25)23-19-22-16(11-27-19)13-7-3-2-4-8-13/h2-4,7-8,11-12H,5-6,9-10H2,1H3,(H,21,24,26)(H,22,23,25)/t12-/m1/s1. The largest absolute Gasteiger partial charge is 0.301 e. The second kappa shape index (κ2) is 8.28. The fourth-order valence-corrected chi connectivity index (χ4v) is 4.67. The van der Waals surface area contributed by atoms with Crippen molar-refractivity contribution in [3.63, 3.8) is 0 Å². The van der Waals surface area contributed by atoms with E-state index in [9.17, 15) is 9.59 Å². The Bertz CT molecular complexity index is 1050. The Balaban J connectivity index is 1.42. The molecule has 8 heteroatoms. The molecule has 2 N–H and O–H groups in total. The molecule has 6 nitrogen and oxygen atoms in total. The average Bonchev–Trinajstić information content (AvgIpc) is 3.17. The van der Waals surface area contributed by atoms with E-state index in [2.05, 4.69) is 20.3 Å². The summed E-state index contributed by atoms with van der Waals surface area (Å²) in [7, 11) is 0. The van der Waals surface area contributed by atoms with Crippen molar-refractivity contribution >= 4 is 34.1 Å². The van der Waals surface area contributed by atoms with Gasteiger partial charge in [-0.05, 0) is 32.6 Å². The fourth-order valence-electron chi connectivity index (χ4n) is 3.14. The Kier molecular flexibility index (Phi) is 5.59. The van der Waals surface area contributed by atoms with Gasteiger partial charge in [0, 0.05) is 16.5 Å². The monoisotopic (exact) mass is 412 g/mol. The quantitative estimate of drug-likeness (QED) is 0.490. The summed E-state index contributed by atoms with van der Waals surface area (Å²) in [5.74, 6) is -0.167. The summed E-state index contributed by atoms with van der Waals surface area (Å²) in [5.41, 5.74) is 3.44. The van der Waals surface area contributed by atoms with Gasteiger partial charge in [-0.1, -0.05) is 42.1 Å². The van der Waals surface area contributed by atoms with E-state index in [0.717, 1.165) is 48.2 Å². The van der Waals surface area contributed by atoms with Crippen LogP contribution >= 0.6 is 23.1 Å². The first-order valence-electron chi connectivity index (χ1n) is 9.20. The molecule has 0 fully saturated rings. The van der Waals surface area contributed by atoms with Gasteiger partial charge in [0.1, 0.15) is 0 Å². The van der Waals surface area contributed by atoms with E-state index in [0.29, 0.717) is 10.3 Å². The molecule has 2 heterocycles. The number of rotatable bonds is 5. The molecule has 0 saturated heterocycles. The second-order valence-electron chi connectivity index (χ2n) is 6.66. The number of nitrogens with zero attached hydrogens (tertiary/aromatic N) is 2. The number of thiazole rings is 1. The third-order valence-electron chi connectivity index (χ3n) is 4.63. The van der Waals surface area contributed by atoms with Crippen molar-refractivity contribution in [1.29, 1.82) is 0 Å². The van der Waals surface area contributed by atoms with E-state index in [1.54, 1.807) is 6.92 Å². The molecule has 1 aromatic carbocycles. The Hall–Kier alpha value is -2.45. The molecule has 1 aliphatic carbocycles. The molecule has 1 amide bonds. The SMILES string of the molecule is C[C@@H](Sc1nc2c(c(=O)[nH]1)CCCC2)C(=O)Nc1nc(-c2ccccc2)cs1. The van der Waals surface area contributed by atoms with Gasteiger partial charge in [0.05, 0.1) is 16.6 Å². The zero-order valence-electron chi connectivity index (χ0n) is 15.4. The molecule has 0 radical (unpaired) electrons. The van der Waals surface area contributed by atoms with Gasteiger partial charge < -0.3 is 10.3 Å². The summed E-state index contributed by atoms with van der Waals surface area (Å²) in [6.07, 6.45) is 3.69. The van der Waals surface area contributed by atoms with E-state index in [1.807, 2.05) is 35.7 Å². The lowest BCUT2D eigenvalue weighted by Crippen LogP contribution is -2.25. The average molecular weight is 413 g/mol. The maximum Gasteiger partial charge on any atom is 0.254 e. The Morgan fingerprint density at radius 2 is 2.00 bits per heavy atom. The Morgan fingerprint density at radius 3 is 2.82 bits per heavy atom. The first-order valence-corrected chi connectivity index (χ1v) is 11.0. The number of aryl methyl sites for hydroxylation is 1. The number of thioether (sulfide) groups is 1. The van der Waals surface area contributed by atoms with E-state index >= 15 is 0 Å². The molecule has 0 saturated carbocycles. The van der Waals surface area contributed by atoms with Crippen LogP contribution in [0.25, 0.3) is 11.3 Å². The van der Waals surface area contributed by atoms with Crippen LogP contribution in [0.4, 0.5) is 5.13 Å². The third-order valence-corrected chi connectivity index (χ3v) is 6.37. The van der Waals surface area contributed by atoms with Crippen LogP contribution < -0.4 is 10.9 Å². The normalized spacial score (nSPS) is 14.3. The first kappa shape index (κ1) is 18.9. The number of hydrogen-bond acceptors (Lipinski definition) is 6. The zero-order chi connectivity index (χ0) is 19.5. The zero-order valence-corrected chi connectivity index (χ0v) is 17.0. The maximum absolute atomic E-state index is 12.6. The van der Waals surface area contributed by atoms with Crippen LogP contribution in [-0.4, -0.2) is 26.1 Å². The third kappa shape index (κ3) is 4.18. The molecule has 4 rings (SSSR count). The van der Waals surface area contributed by atoms with Gasteiger partial charge >= 0.3 is 0 Å². The van der Waals surface area contributed by atoms with Gasteiger partial charge in [-0.2, -0.15) is 0 Å². The van der Waals surface area contributed by atoms with Gasteiger partial charge in [0.15, 0.2) is 10.3 Å². The molecule has 28 heavy (non-hydrogen) atoms. The highest BCUT2D eigenvalue weighted by molar-refractivity contribution is 8.00. The number of carbonyl (C=O) groups is 1. The molecule has 0 unspecified atom stereocenters. The molecular formula is C20H20N4O2S2. The fraction of sp³-hybridized carbons (Fsp3) is 0.300. The molecule has 144 valence electrons. The molecule has 1 atom stereocenters. The molecule has 0 aliphatic heterocycles. The molecule has 2 aromatic heterocycles. The van der Waals surface area contributed by atoms with Gasteiger partial charge in [0.2, 0.25) is 5.91 Å². The highest BCUT2D eigenvalue weighted by Crippen LogP contribution is 2.26. The van der Waals surface area contributed by atoms with Gasteiger partial charge in [-0.25, -0.2) is 9.97 Å². The minimum absolute atomic E-state index is 0.0766. The number of hydrogen-bond donors (Lipinski definition) is 2. The molecule has 1 aliphatic rings. The van der Waals surface area contributed by atoms with Crippen molar-refractivity contribution < 1.29 is 4.79 Å². The molecule has 0 spiro atoms. The summed E-state index contributed by atoms with van der Waals surface area (Å²) in [6.45, 7) is 1.80. The van der Waals surface area contributed by atoms with Crippen LogP contribution in [0.2, 0.25) is 0 Å². The van der Waals surface area contributed by atoms with Crippen molar-refractivity contribution in [3.05, 3.63) is 57.3 Å². The van der Waals surface area contributed by atoms with E-state index in [-0.39, 0.29) is 11.5 Å². The van der Waals surface area contributed by atoms with Gasteiger partial charge in [0.25, 0.3) is 5.56 Å². The number of amides is 1. The van der Waals surface area contributed by atoms with Crippen LogP contribution in [0.3, 0.4) is 0 Å². The highest BCUT2D eigenvalue weighted by Gasteiger charge is 2.20. The van der Waals surface area contributed by atoms with Crippen LogP contribution in [0.5, 0.6) is 0 Å². The second-order valence-corrected chi connectivity index (χ2v) is 8.84. The number of benzene rings is 1. The van der Waals surface area contributed by atoms with Crippen LogP contribution in [-0.2, 0) is 17.6 Å². The number of anilines is 1. The maximum atomic E-state index is 12.6. The summed E-state index contributed by atoms with van der Waals surface area (Å²) in [4.78, 5) is 36.7. The van der Waals surface area contributed by atoms with Crippen molar-refractivity contribution in [2.24, 2.45) is 0 Å². The topological polar surface area (TPSA) is 87.7 Å². The molecular weight excluding hydrogens is 392 g/mol. The minimum Gasteiger partial charge on any atom is -0.301 e. The molecule has 0 bridgehead atoms. The number of aromatic nitrogens is 3. The molecule has 3 aromatic rings. The van der Waals surface area contributed by atoms with Crippen molar-refractivity contribution in [1.82, 2.24) is 15.0 Å². The van der Waals surface area contributed by atoms with Crippen LogP contribution in [0, 0.1) is 0 Å². The summed E-state index contributed by atoms with van der Waals surface area (Å²) >= 11 is 2.65. The highest BCUT2D eigenvalue weighted by atomic mass is 32.2. The number of aromatic amines is 1. The summed E-state index contributed by atoms with van der Waals surface area (Å²) < 4.78 is 0. The van der Waals surface area contributed by atoms with E-state index in [1.165, 1.54) is 23.1 Å². The number of H-pyrrole nitrogens is 1. The van der Waals surface area contributed by atoms with Crippen molar-refractivity contribution in [3.8, 4) is 11.3 Å². The van der Waals surface area contributed by atoms with Crippen molar-refractivity contribution in [2.75, 3.05) is 5.32 Å². The Morgan fingerprint density at radius 1 is 1.21 bits per heavy atom.